The van der Waals surface area contributed by atoms with Crippen LogP contribution in [0.1, 0.15) is 11.1 Å². The zero-order valence-corrected chi connectivity index (χ0v) is 15.5. The Morgan fingerprint density at radius 2 is 1.50 bits per heavy atom. The topological polar surface area (TPSA) is 7.12 Å². The first-order valence-corrected chi connectivity index (χ1v) is 8.89. The summed E-state index contributed by atoms with van der Waals surface area (Å²) in [6.07, 6.45) is 4.39. The maximum Gasteiger partial charge on any atom is 0.220 e. The van der Waals surface area contributed by atoms with E-state index in [2.05, 4.69) is 116 Å². The van der Waals surface area contributed by atoms with Crippen LogP contribution in [-0.4, -0.2) is 14.1 Å². The van der Waals surface area contributed by atoms with Crippen molar-refractivity contribution >= 4 is 39.6 Å². The van der Waals surface area contributed by atoms with E-state index in [1.165, 1.54) is 38.6 Å². The first-order valence-electron chi connectivity index (χ1n) is 8.89. The lowest BCUT2D eigenvalue weighted by Crippen LogP contribution is -2.30. The second kappa shape index (κ2) is 6.64. The third kappa shape index (κ3) is 2.95. The van der Waals surface area contributed by atoms with Gasteiger partial charge < -0.3 is 4.90 Å². The van der Waals surface area contributed by atoms with Crippen molar-refractivity contribution in [3.05, 3.63) is 83.9 Å². The molecule has 0 unspecified atom stereocenters. The Kier molecular flexibility index (Phi) is 4.18. The molecule has 1 heterocycles. The first kappa shape index (κ1) is 16.3. The van der Waals surface area contributed by atoms with Gasteiger partial charge in [0.05, 0.1) is 0 Å². The summed E-state index contributed by atoms with van der Waals surface area (Å²) in [5, 5.41) is 2.53. The molecule has 0 amide bonds. The Bertz CT molecular complexity index is 1110. The second-order valence-corrected chi connectivity index (χ2v) is 6.87. The molecule has 1 aromatic heterocycles. The number of aryl methyl sites for hydroxylation is 1. The van der Waals surface area contributed by atoms with Crippen LogP contribution in [0.5, 0.6) is 0 Å². The number of nitrogens with zero attached hydrogens (tertiary/aromatic N) is 2. The van der Waals surface area contributed by atoms with E-state index >= 15 is 0 Å². The minimum Gasteiger partial charge on any atom is -0.378 e. The van der Waals surface area contributed by atoms with Crippen molar-refractivity contribution in [3.8, 4) is 0 Å². The average molecular weight is 339 g/mol. The molecule has 0 fully saturated rings. The van der Waals surface area contributed by atoms with E-state index in [1.807, 2.05) is 0 Å². The number of anilines is 1. The Labute approximate surface area is 154 Å². The number of rotatable bonds is 3. The van der Waals surface area contributed by atoms with Gasteiger partial charge in [0.2, 0.25) is 11.0 Å². The summed E-state index contributed by atoms with van der Waals surface area (Å²) in [5.41, 5.74) is 6.15. The van der Waals surface area contributed by atoms with Crippen molar-refractivity contribution < 1.29 is 4.57 Å². The second-order valence-electron chi connectivity index (χ2n) is 6.87. The maximum absolute atomic E-state index is 2.29. The summed E-state index contributed by atoms with van der Waals surface area (Å²) < 4.78 is 2.29. The van der Waals surface area contributed by atoms with Gasteiger partial charge >= 0.3 is 0 Å². The van der Waals surface area contributed by atoms with E-state index < -0.39 is 0 Å². The Balaban J connectivity index is 1.80. The number of hydrogen-bond acceptors (Lipinski definition) is 1. The number of fused-ring (bicyclic) bond motifs is 2. The van der Waals surface area contributed by atoms with Gasteiger partial charge in [0.25, 0.3) is 0 Å². The molecule has 26 heavy (non-hydrogen) atoms. The number of aromatic nitrogens is 1. The van der Waals surface area contributed by atoms with E-state index in [4.69, 9.17) is 0 Å². The molecule has 0 saturated heterocycles. The summed E-state index contributed by atoms with van der Waals surface area (Å²) >= 11 is 0. The molecule has 2 nitrogen and oxygen atoms in total. The third-order valence-corrected chi connectivity index (χ3v) is 4.91. The molecule has 4 rings (SSSR count). The lowest BCUT2D eigenvalue weighted by molar-refractivity contribution is -0.617. The molecule has 4 aromatic rings. The summed E-state index contributed by atoms with van der Waals surface area (Å²) in [6.45, 7) is 0. The monoisotopic (exact) mass is 339 g/mol. The summed E-state index contributed by atoms with van der Waals surface area (Å²) in [4.78, 5) is 2.11. The largest absolute Gasteiger partial charge is 0.378 e. The van der Waals surface area contributed by atoms with Crippen LogP contribution in [-0.2, 0) is 7.05 Å². The molecule has 0 aliphatic heterocycles. The SMILES string of the molecule is CN(C)c1ccc(/C=C\c2cccc3cc4ccccc4[n+](C)c23)cc1. The zero-order chi connectivity index (χ0) is 18.1. The molecule has 0 aliphatic rings. The van der Waals surface area contributed by atoms with Crippen molar-refractivity contribution in [2.45, 2.75) is 0 Å². The fraction of sp³-hybridized carbons (Fsp3) is 0.125. The molecule has 2 heteroatoms. The molecule has 0 spiro atoms. The lowest BCUT2D eigenvalue weighted by Gasteiger charge is -2.11. The van der Waals surface area contributed by atoms with Crippen LogP contribution < -0.4 is 9.47 Å². The quantitative estimate of drug-likeness (QED) is 0.288. The van der Waals surface area contributed by atoms with E-state index in [0.29, 0.717) is 0 Å². The predicted molar refractivity (Wildman–Crippen MR) is 112 cm³/mol. The third-order valence-electron chi connectivity index (χ3n) is 4.91. The Hall–Kier alpha value is -3.13. The molecule has 0 atom stereocenters. The van der Waals surface area contributed by atoms with Crippen molar-refractivity contribution in [2.24, 2.45) is 7.05 Å². The van der Waals surface area contributed by atoms with Gasteiger partial charge in [0, 0.05) is 42.2 Å². The fourth-order valence-corrected chi connectivity index (χ4v) is 3.49. The normalized spacial score (nSPS) is 11.5. The van der Waals surface area contributed by atoms with Crippen LogP contribution in [0.25, 0.3) is 34.0 Å². The fourth-order valence-electron chi connectivity index (χ4n) is 3.49. The van der Waals surface area contributed by atoms with Crippen LogP contribution in [0, 0.1) is 0 Å². The van der Waals surface area contributed by atoms with Crippen molar-refractivity contribution in [3.63, 3.8) is 0 Å². The highest BCUT2D eigenvalue weighted by Crippen LogP contribution is 2.22. The molecule has 0 saturated carbocycles. The van der Waals surface area contributed by atoms with Gasteiger partial charge in [-0.15, -0.1) is 0 Å². The van der Waals surface area contributed by atoms with E-state index in [-0.39, 0.29) is 0 Å². The highest BCUT2D eigenvalue weighted by atomic mass is 15.1. The number of benzene rings is 3. The van der Waals surface area contributed by atoms with Gasteiger partial charge in [0.15, 0.2) is 0 Å². The van der Waals surface area contributed by atoms with Gasteiger partial charge in [-0.1, -0.05) is 36.4 Å². The molecule has 128 valence electrons. The van der Waals surface area contributed by atoms with Crippen LogP contribution in [0.4, 0.5) is 5.69 Å². The minimum absolute atomic E-state index is 1.20. The molecule has 0 radical (unpaired) electrons. The predicted octanol–water partition coefficient (Wildman–Crippen LogP) is 5.05. The van der Waals surface area contributed by atoms with E-state index in [9.17, 15) is 0 Å². The van der Waals surface area contributed by atoms with Crippen molar-refractivity contribution in [2.75, 3.05) is 19.0 Å². The van der Waals surface area contributed by atoms with Gasteiger partial charge in [-0.25, -0.2) is 0 Å². The summed E-state index contributed by atoms with van der Waals surface area (Å²) in [6, 6.07) is 25.9. The standard InChI is InChI=1S/C24H23N2/c1-25(2)22-15-12-18(13-16-22)11-14-19-8-6-9-21-17-20-7-4-5-10-23(20)26(3)24(19)21/h4-17H,1-3H3/q+1/b14-11-. The van der Waals surface area contributed by atoms with Gasteiger partial charge in [-0.05, 0) is 48.0 Å². The maximum atomic E-state index is 2.29. The number of hydrogen-bond donors (Lipinski definition) is 0. The van der Waals surface area contributed by atoms with Crippen LogP contribution >= 0.6 is 0 Å². The zero-order valence-electron chi connectivity index (χ0n) is 15.5. The Morgan fingerprint density at radius 3 is 2.27 bits per heavy atom. The van der Waals surface area contributed by atoms with Crippen LogP contribution in [0.2, 0.25) is 0 Å². The molecule has 3 aromatic carbocycles. The smallest absolute Gasteiger partial charge is 0.220 e. The summed E-state index contributed by atoms with van der Waals surface area (Å²) in [7, 11) is 6.27. The number of para-hydroxylation sites is 2. The molecule has 0 aliphatic carbocycles. The summed E-state index contributed by atoms with van der Waals surface area (Å²) in [5.74, 6) is 0. The van der Waals surface area contributed by atoms with Crippen LogP contribution in [0.15, 0.2) is 72.8 Å². The van der Waals surface area contributed by atoms with E-state index in [0.717, 1.165) is 0 Å². The lowest BCUT2D eigenvalue weighted by atomic mass is 10.0. The van der Waals surface area contributed by atoms with Gasteiger partial charge in [-0.2, -0.15) is 4.57 Å². The average Bonchev–Trinajstić information content (AvgIpc) is 2.66. The molecule has 0 N–H and O–H groups in total. The molecular weight excluding hydrogens is 316 g/mol. The number of pyridine rings is 1. The molecular formula is C24H23N2+. The highest BCUT2D eigenvalue weighted by molar-refractivity contribution is 5.93. The van der Waals surface area contributed by atoms with E-state index in [1.54, 1.807) is 0 Å². The minimum atomic E-state index is 1.20. The Morgan fingerprint density at radius 1 is 0.769 bits per heavy atom. The highest BCUT2D eigenvalue weighted by Gasteiger charge is 2.13. The van der Waals surface area contributed by atoms with Gasteiger partial charge in [0.1, 0.15) is 7.05 Å². The van der Waals surface area contributed by atoms with Crippen LogP contribution in [0.3, 0.4) is 0 Å². The van der Waals surface area contributed by atoms with Crippen molar-refractivity contribution in [1.82, 2.24) is 0 Å². The van der Waals surface area contributed by atoms with Crippen molar-refractivity contribution in [1.29, 1.82) is 0 Å². The molecule has 0 bridgehead atoms. The first-order chi connectivity index (χ1) is 12.6. The van der Waals surface area contributed by atoms with Gasteiger partial charge in [-0.3, -0.25) is 0 Å².